The third-order valence-electron chi connectivity index (χ3n) is 2.68. The first kappa shape index (κ1) is 11.4. The zero-order valence-corrected chi connectivity index (χ0v) is 10.5. The largest absolute Gasteiger partial charge is 0.309 e. The van der Waals surface area contributed by atoms with Crippen LogP contribution in [0.4, 0.5) is 0 Å². The fourth-order valence-electron chi connectivity index (χ4n) is 1.43. The van der Waals surface area contributed by atoms with Crippen LogP contribution in [0.25, 0.3) is 5.69 Å². The van der Waals surface area contributed by atoms with Gasteiger partial charge in [-0.1, -0.05) is 6.92 Å². The SMILES string of the molecule is CCC(C)NCc1cc(-n2ccnc2)cs1. The lowest BCUT2D eigenvalue weighted by Crippen LogP contribution is -2.23. The Bertz CT molecular complexity index is 419. The van der Waals surface area contributed by atoms with Crippen molar-refractivity contribution in [3.63, 3.8) is 0 Å². The van der Waals surface area contributed by atoms with Gasteiger partial charge in [0, 0.05) is 35.2 Å². The average molecular weight is 235 g/mol. The van der Waals surface area contributed by atoms with Crippen LogP contribution in [0.2, 0.25) is 0 Å². The van der Waals surface area contributed by atoms with Gasteiger partial charge < -0.3 is 9.88 Å². The van der Waals surface area contributed by atoms with Crippen molar-refractivity contribution in [2.45, 2.75) is 32.9 Å². The first-order valence-electron chi connectivity index (χ1n) is 5.58. The Morgan fingerprint density at radius 1 is 1.56 bits per heavy atom. The number of hydrogen-bond acceptors (Lipinski definition) is 3. The van der Waals surface area contributed by atoms with Gasteiger partial charge in [0.2, 0.25) is 0 Å². The molecule has 86 valence electrons. The summed E-state index contributed by atoms with van der Waals surface area (Å²) in [6.45, 7) is 5.36. The van der Waals surface area contributed by atoms with Crippen LogP contribution in [0.15, 0.2) is 30.2 Å². The van der Waals surface area contributed by atoms with Gasteiger partial charge in [-0.3, -0.25) is 0 Å². The molecule has 2 aromatic heterocycles. The fraction of sp³-hybridized carbons (Fsp3) is 0.417. The highest BCUT2D eigenvalue weighted by Gasteiger charge is 2.03. The van der Waals surface area contributed by atoms with E-state index in [4.69, 9.17) is 0 Å². The Labute approximate surface area is 100 Å². The zero-order valence-electron chi connectivity index (χ0n) is 9.68. The lowest BCUT2D eigenvalue weighted by Gasteiger charge is -2.09. The second-order valence-electron chi connectivity index (χ2n) is 3.93. The summed E-state index contributed by atoms with van der Waals surface area (Å²) in [5.74, 6) is 0. The molecule has 0 aliphatic heterocycles. The molecule has 0 aromatic carbocycles. The Kier molecular flexibility index (Phi) is 3.74. The van der Waals surface area contributed by atoms with Crippen molar-refractivity contribution in [3.05, 3.63) is 35.0 Å². The van der Waals surface area contributed by atoms with Gasteiger partial charge in [0.25, 0.3) is 0 Å². The molecule has 0 amide bonds. The molecule has 1 atom stereocenters. The van der Waals surface area contributed by atoms with E-state index in [2.05, 4.69) is 35.6 Å². The molecule has 0 bridgehead atoms. The zero-order chi connectivity index (χ0) is 11.4. The Morgan fingerprint density at radius 3 is 3.12 bits per heavy atom. The molecule has 0 saturated heterocycles. The van der Waals surface area contributed by atoms with E-state index in [9.17, 15) is 0 Å². The quantitative estimate of drug-likeness (QED) is 0.863. The van der Waals surface area contributed by atoms with E-state index >= 15 is 0 Å². The van der Waals surface area contributed by atoms with Crippen molar-refractivity contribution in [1.82, 2.24) is 14.9 Å². The summed E-state index contributed by atoms with van der Waals surface area (Å²) < 4.78 is 2.03. The van der Waals surface area contributed by atoms with E-state index in [1.54, 1.807) is 17.5 Å². The Hall–Kier alpha value is -1.13. The van der Waals surface area contributed by atoms with E-state index < -0.39 is 0 Å². The summed E-state index contributed by atoms with van der Waals surface area (Å²) in [7, 11) is 0. The van der Waals surface area contributed by atoms with E-state index in [1.165, 1.54) is 17.0 Å². The molecular weight excluding hydrogens is 218 g/mol. The molecule has 16 heavy (non-hydrogen) atoms. The number of imidazole rings is 1. The van der Waals surface area contributed by atoms with Crippen LogP contribution in [0, 0.1) is 0 Å². The molecule has 0 fully saturated rings. The summed E-state index contributed by atoms with van der Waals surface area (Å²) in [6, 6.07) is 2.79. The Morgan fingerprint density at radius 2 is 2.44 bits per heavy atom. The van der Waals surface area contributed by atoms with Gasteiger partial charge >= 0.3 is 0 Å². The highest BCUT2D eigenvalue weighted by atomic mass is 32.1. The van der Waals surface area contributed by atoms with Crippen LogP contribution in [-0.4, -0.2) is 15.6 Å². The van der Waals surface area contributed by atoms with Crippen LogP contribution < -0.4 is 5.32 Å². The second kappa shape index (κ2) is 5.27. The second-order valence-corrected chi connectivity index (χ2v) is 4.93. The minimum atomic E-state index is 0.582. The highest BCUT2D eigenvalue weighted by molar-refractivity contribution is 7.10. The summed E-state index contributed by atoms with van der Waals surface area (Å²) in [5, 5.41) is 5.65. The normalized spacial score (nSPS) is 12.9. The lowest BCUT2D eigenvalue weighted by atomic mass is 10.2. The van der Waals surface area contributed by atoms with E-state index in [1.807, 2.05) is 17.1 Å². The molecular formula is C12H17N3S. The lowest BCUT2D eigenvalue weighted by molar-refractivity contribution is 0.537. The van der Waals surface area contributed by atoms with Crippen molar-refractivity contribution in [2.75, 3.05) is 0 Å². The third-order valence-corrected chi connectivity index (χ3v) is 3.60. The number of hydrogen-bond donors (Lipinski definition) is 1. The van der Waals surface area contributed by atoms with Gasteiger partial charge in [-0.05, 0) is 19.4 Å². The van der Waals surface area contributed by atoms with Gasteiger partial charge in [-0.2, -0.15) is 0 Å². The first-order valence-corrected chi connectivity index (χ1v) is 6.46. The van der Waals surface area contributed by atoms with Gasteiger partial charge in [0.1, 0.15) is 0 Å². The van der Waals surface area contributed by atoms with Gasteiger partial charge in [-0.15, -0.1) is 11.3 Å². The molecule has 1 N–H and O–H groups in total. The van der Waals surface area contributed by atoms with Crippen LogP contribution in [-0.2, 0) is 6.54 Å². The number of thiophene rings is 1. The predicted octanol–water partition coefficient (Wildman–Crippen LogP) is 2.82. The molecule has 2 aromatic rings. The van der Waals surface area contributed by atoms with Crippen molar-refractivity contribution in [2.24, 2.45) is 0 Å². The number of rotatable bonds is 5. The maximum atomic E-state index is 4.05. The molecule has 4 heteroatoms. The van der Waals surface area contributed by atoms with Crippen LogP contribution in [0.1, 0.15) is 25.1 Å². The first-order chi connectivity index (χ1) is 7.79. The topological polar surface area (TPSA) is 29.9 Å². The van der Waals surface area contributed by atoms with Crippen molar-refractivity contribution in [1.29, 1.82) is 0 Å². The van der Waals surface area contributed by atoms with Crippen molar-refractivity contribution >= 4 is 11.3 Å². The summed E-state index contributed by atoms with van der Waals surface area (Å²) >= 11 is 1.79. The molecule has 2 heterocycles. The van der Waals surface area contributed by atoms with Crippen LogP contribution in [0.5, 0.6) is 0 Å². The maximum absolute atomic E-state index is 4.05. The monoisotopic (exact) mass is 235 g/mol. The van der Waals surface area contributed by atoms with E-state index in [-0.39, 0.29) is 0 Å². The number of aromatic nitrogens is 2. The van der Waals surface area contributed by atoms with Crippen molar-refractivity contribution < 1.29 is 0 Å². The average Bonchev–Trinajstić information content (AvgIpc) is 2.95. The van der Waals surface area contributed by atoms with Gasteiger partial charge in [0.05, 0.1) is 12.0 Å². The minimum absolute atomic E-state index is 0.582. The van der Waals surface area contributed by atoms with E-state index in [0.717, 1.165) is 6.54 Å². The van der Waals surface area contributed by atoms with Gasteiger partial charge in [-0.25, -0.2) is 4.98 Å². The maximum Gasteiger partial charge on any atom is 0.0991 e. The van der Waals surface area contributed by atoms with E-state index in [0.29, 0.717) is 6.04 Å². The number of nitrogens with zero attached hydrogens (tertiary/aromatic N) is 2. The Balaban J connectivity index is 1.98. The predicted molar refractivity (Wildman–Crippen MR) is 68.0 cm³/mol. The molecule has 0 radical (unpaired) electrons. The number of nitrogens with one attached hydrogen (secondary N) is 1. The molecule has 0 saturated carbocycles. The summed E-state index contributed by atoms with van der Waals surface area (Å²) in [6.07, 6.45) is 6.76. The van der Waals surface area contributed by atoms with Crippen LogP contribution >= 0.6 is 11.3 Å². The molecule has 3 nitrogen and oxygen atoms in total. The summed E-state index contributed by atoms with van der Waals surface area (Å²) in [4.78, 5) is 5.41. The highest BCUT2D eigenvalue weighted by Crippen LogP contribution is 2.18. The van der Waals surface area contributed by atoms with Gasteiger partial charge in [0.15, 0.2) is 0 Å². The fourth-order valence-corrected chi connectivity index (χ4v) is 2.25. The standard InChI is InChI=1S/C12H17N3S/c1-3-10(2)14-7-12-6-11(8-16-12)15-5-4-13-9-15/h4-6,8-10,14H,3,7H2,1-2H3. The summed E-state index contributed by atoms with van der Waals surface area (Å²) in [5.41, 5.74) is 1.20. The smallest absolute Gasteiger partial charge is 0.0991 e. The minimum Gasteiger partial charge on any atom is -0.309 e. The van der Waals surface area contributed by atoms with Crippen molar-refractivity contribution in [3.8, 4) is 5.69 Å². The van der Waals surface area contributed by atoms with Crippen LogP contribution in [0.3, 0.4) is 0 Å². The molecule has 1 unspecified atom stereocenters. The molecule has 0 spiro atoms. The molecule has 0 aliphatic carbocycles. The molecule has 0 aliphatic rings. The molecule has 2 rings (SSSR count). The third kappa shape index (κ3) is 2.71.